The molecule has 3 heteroatoms. The summed E-state index contributed by atoms with van der Waals surface area (Å²) in [5, 5.41) is 8.96. The molecule has 0 unspecified atom stereocenters. The number of ether oxygens (including phenoxy) is 1. The number of hydrogen-bond acceptors (Lipinski definition) is 2. The molecule has 0 heterocycles. The zero-order chi connectivity index (χ0) is 12.7. The minimum Gasteiger partial charge on any atom is -0.492 e. The van der Waals surface area contributed by atoms with Crippen molar-refractivity contribution < 1.29 is 14.6 Å². The zero-order valence-corrected chi connectivity index (χ0v) is 9.85. The smallest absolute Gasteiger partial charge is 0.339 e. The highest BCUT2D eigenvalue weighted by Gasteiger charge is 2.11. The van der Waals surface area contributed by atoms with Crippen LogP contribution in [0.2, 0.25) is 0 Å². The summed E-state index contributed by atoms with van der Waals surface area (Å²) in [7, 11) is 0. The van der Waals surface area contributed by atoms with Crippen LogP contribution in [0, 0.1) is 0 Å². The van der Waals surface area contributed by atoms with E-state index in [-0.39, 0.29) is 5.57 Å². The molecule has 17 heavy (non-hydrogen) atoms. The van der Waals surface area contributed by atoms with Gasteiger partial charge in [-0.1, -0.05) is 49.9 Å². The van der Waals surface area contributed by atoms with E-state index in [0.29, 0.717) is 18.8 Å². The highest BCUT2D eigenvalue weighted by atomic mass is 16.5. The summed E-state index contributed by atoms with van der Waals surface area (Å²) < 4.78 is 5.52. The molecule has 0 radical (unpaired) electrons. The molecule has 0 saturated heterocycles. The van der Waals surface area contributed by atoms with E-state index in [2.05, 4.69) is 6.58 Å². The van der Waals surface area contributed by atoms with E-state index < -0.39 is 5.97 Å². The Hall–Kier alpha value is -2.03. The van der Waals surface area contributed by atoms with Gasteiger partial charge in [0.1, 0.15) is 12.4 Å². The van der Waals surface area contributed by atoms with Gasteiger partial charge in [-0.2, -0.15) is 0 Å². The van der Waals surface area contributed by atoms with Crippen molar-refractivity contribution in [1.29, 1.82) is 0 Å². The number of hydrogen-bond donors (Lipinski definition) is 1. The molecule has 1 aromatic carbocycles. The van der Waals surface area contributed by atoms with Crippen LogP contribution >= 0.6 is 0 Å². The van der Waals surface area contributed by atoms with E-state index in [0.717, 1.165) is 5.56 Å². The molecule has 0 amide bonds. The first-order valence-corrected chi connectivity index (χ1v) is 5.44. The van der Waals surface area contributed by atoms with Gasteiger partial charge in [-0.3, -0.25) is 0 Å². The van der Waals surface area contributed by atoms with Crippen LogP contribution in [0.1, 0.15) is 18.9 Å². The molecule has 0 saturated carbocycles. The van der Waals surface area contributed by atoms with Gasteiger partial charge < -0.3 is 9.84 Å². The maximum absolute atomic E-state index is 10.9. The van der Waals surface area contributed by atoms with Crippen LogP contribution in [0.5, 0.6) is 0 Å². The lowest BCUT2D eigenvalue weighted by atomic mass is 10.2. The predicted octanol–water partition coefficient (Wildman–Crippen LogP) is 3.14. The number of benzene rings is 1. The second-order valence-electron chi connectivity index (χ2n) is 3.47. The number of rotatable bonds is 6. The number of carboxylic acid groups (broad SMARTS) is 1. The fraction of sp³-hybridized carbons (Fsp3) is 0.214. The summed E-state index contributed by atoms with van der Waals surface area (Å²) >= 11 is 0. The summed E-state index contributed by atoms with van der Waals surface area (Å²) in [5.74, 6) is -0.554. The first-order chi connectivity index (χ1) is 8.19. The first-order valence-electron chi connectivity index (χ1n) is 5.44. The molecule has 1 N–H and O–H groups in total. The average Bonchev–Trinajstić information content (AvgIpc) is 2.35. The normalized spacial score (nSPS) is 11.6. The Labute approximate surface area is 101 Å². The van der Waals surface area contributed by atoms with Gasteiger partial charge >= 0.3 is 5.97 Å². The fourth-order valence-corrected chi connectivity index (χ4v) is 1.44. The molecule has 0 aromatic heterocycles. The molecule has 0 atom stereocenters. The van der Waals surface area contributed by atoms with E-state index in [1.54, 1.807) is 0 Å². The van der Waals surface area contributed by atoms with Crippen molar-refractivity contribution >= 4 is 5.97 Å². The average molecular weight is 232 g/mol. The molecule has 0 bridgehead atoms. The van der Waals surface area contributed by atoms with E-state index in [9.17, 15) is 4.79 Å². The van der Waals surface area contributed by atoms with Gasteiger partial charge in [0.2, 0.25) is 0 Å². The highest BCUT2D eigenvalue weighted by molar-refractivity contribution is 5.90. The van der Waals surface area contributed by atoms with Crippen molar-refractivity contribution in [2.75, 3.05) is 0 Å². The molecule has 0 aliphatic rings. The maximum atomic E-state index is 10.9. The lowest BCUT2D eigenvalue weighted by molar-refractivity contribution is -0.132. The Morgan fingerprint density at radius 1 is 1.41 bits per heavy atom. The number of aliphatic carboxylic acids is 1. The summed E-state index contributed by atoms with van der Waals surface area (Å²) in [5.41, 5.74) is 1.13. The van der Waals surface area contributed by atoms with Gasteiger partial charge in [0.25, 0.3) is 0 Å². The Kier molecular flexibility index (Phi) is 5.01. The van der Waals surface area contributed by atoms with Gasteiger partial charge in [-0.25, -0.2) is 4.79 Å². The predicted molar refractivity (Wildman–Crippen MR) is 66.4 cm³/mol. The second kappa shape index (κ2) is 6.53. The van der Waals surface area contributed by atoms with Crippen molar-refractivity contribution in [2.45, 2.75) is 20.0 Å². The molecule has 3 nitrogen and oxygen atoms in total. The Bertz CT molecular complexity index is 418. The lowest BCUT2D eigenvalue weighted by Gasteiger charge is -2.10. The van der Waals surface area contributed by atoms with Crippen LogP contribution in [0.4, 0.5) is 0 Å². The molecule has 1 aromatic rings. The molecular formula is C14H16O3. The molecule has 0 fully saturated rings. The maximum Gasteiger partial charge on any atom is 0.339 e. The number of carboxylic acids is 1. The lowest BCUT2D eigenvalue weighted by Crippen LogP contribution is -2.05. The Morgan fingerprint density at radius 3 is 2.53 bits per heavy atom. The molecule has 0 spiro atoms. The van der Waals surface area contributed by atoms with Crippen LogP contribution in [-0.4, -0.2) is 11.1 Å². The van der Waals surface area contributed by atoms with Gasteiger partial charge in [-0.05, 0) is 5.56 Å². The summed E-state index contributed by atoms with van der Waals surface area (Å²) in [6.07, 6.45) is 1.84. The van der Waals surface area contributed by atoms with Gasteiger partial charge in [0.05, 0.1) is 5.57 Å². The van der Waals surface area contributed by atoms with E-state index in [1.807, 2.05) is 37.3 Å². The molecular weight excluding hydrogens is 216 g/mol. The van der Waals surface area contributed by atoms with Crippen LogP contribution in [0.15, 0.2) is 54.3 Å². The molecule has 90 valence electrons. The zero-order valence-electron chi connectivity index (χ0n) is 9.85. The van der Waals surface area contributed by atoms with Crippen molar-refractivity contribution in [3.63, 3.8) is 0 Å². The van der Waals surface area contributed by atoms with Gasteiger partial charge in [0.15, 0.2) is 0 Å². The third-order valence-corrected chi connectivity index (χ3v) is 2.31. The molecule has 0 aliphatic heterocycles. The van der Waals surface area contributed by atoms with Crippen molar-refractivity contribution in [3.8, 4) is 0 Å². The highest BCUT2D eigenvalue weighted by Crippen LogP contribution is 2.14. The standard InChI is InChI=1S/C14H16O3/c1-3-12(14(15)16)13(4-2)17-10-11-8-6-5-7-9-11/h3,5-9H,1,4,10H2,2H3,(H,15,16)/b13-12-. The third kappa shape index (κ3) is 3.79. The van der Waals surface area contributed by atoms with Crippen molar-refractivity contribution in [3.05, 3.63) is 59.9 Å². The van der Waals surface area contributed by atoms with E-state index in [4.69, 9.17) is 9.84 Å². The van der Waals surface area contributed by atoms with Crippen molar-refractivity contribution in [1.82, 2.24) is 0 Å². The Balaban J connectivity index is 2.77. The quantitative estimate of drug-likeness (QED) is 0.465. The summed E-state index contributed by atoms with van der Waals surface area (Å²) in [6, 6.07) is 9.62. The SMILES string of the molecule is C=C/C(C(=O)O)=C(\CC)OCc1ccccc1. The van der Waals surface area contributed by atoms with Crippen molar-refractivity contribution in [2.24, 2.45) is 0 Å². The van der Waals surface area contributed by atoms with Crippen LogP contribution in [0.3, 0.4) is 0 Å². The second-order valence-corrected chi connectivity index (χ2v) is 3.47. The van der Waals surface area contributed by atoms with E-state index >= 15 is 0 Å². The minimum absolute atomic E-state index is 0.128. The Morgan fingerprint density at radius 2 is 2.06 bits per heavy atom. The number of allylic oxidation sites excluding steroid dienone is 1. The summed E-state index contributed by atoms with van der Waals surface area (Å²) in [6.45, 7) is 5.71. The monoisotopic (exact) mass is 232 g/mol. The van der Waals surface area contributed by atoms with Crippen LogP contribution in [-0.2, 0) is 16.1 Å². The van der Waals surface area contributed by atoms with Crippen LogP contribution < -0.4 is 0 Å². The van der Waals surface area contributed by atoms with Gasteiger partial charge in [0, 0.05) is 6.42 Å². The molecule has 1 rings (SSSR count). The largest absolute Gasteiger partial charge is 0.492 e. The fourth-order valence-electron chi connectivity index (χ4n) is 1.44. The minimum atomic E-state index is -1.01. The topological polar surface area (TPSA) is 46.5 Å². The first kappa shape index (κ1) is 13.0. The third-order valence-electron chi connectivity index (χ3n) is 2.31. The summed E-state index contributed by atoms with van der Waals surface area (Å²) in [4.78, 5) is 10.9. The van der Waals surface area contributed by atoms with Gasteiger partial charge in [-0.15, -0.1) is 0 Å². The van der Waals surface area contributed by atoms with Crippen LogP contribution in [0.25, 0.3) is 0 Å². The molecule has 0 aliphatic carbocycles. The van der Waals surface area contributed by atoms with E-state index in [1.165, 1.54) is 6.08 Å². The number of carbonyl (C=O) groups is 1.